The summed E-state index contributed by atoms with van der Waals surface area (Å²) in [5.74, 6) is 0. The second-order valence-electron chi connectivity index (χ2n) is 8.46. The van der Waals surface area contributed by atoms with Crippen molar-refractivity contribution in [2.75, 3.05) is 0 Å². The van der Waals surface area contributed by atoms with Gasteiger partial charge in [0.2, 0.25) is 0 Å². The lowest BCUT2D eigenvalue weighted by Gasteiger charge is -2.30. The maximum absolute atomic E-state index is 12.1. The highest BCUT2D eigenvalue weighted by Gasteiger charge is 2.43. The van der Waals surface area contributed by atoms with Crippen molar-refractivity contribution < 1.29 is 14.0 Å². The monoisotopic (exact) mass is 527 g/mol. The minimum Gasteiger partial charge on any atom is -0.133 e. The molecule has 0 saturated heterocycles. The van der Waals surface area contributed by atoms with Gasteiger partial charge in [0.1, 0.15) is 0 Å². The molecule has 4 aromatic rings. The van der Waals surface area contributed by atoms with Crippen molar-refractivity contribution in [2.45, 2.75) is 45.1 Å². The molecule has 0 heterocycles. The van der Waals surface area contributed by atoms with E-state index in [-0.39, 0.29) is 0 Å². The molecule has 1 N–H and O–H groups in total. The summed E-state index contributed by atoms with van der Waals surface area (Å²) in [5.41, 5.74) is 1.67. The molecule has 0 aliphatic carbocycles. The number of unbranched alkanes of at least 4 members (excludes halogenated alkanes) is 1. The quantitative estimate of drug-likeness (QED) is 0.232. The van der Waals surface area contributed by atoms with E-state index in [1.54, 1.807) is 0 Å². The van der Waals surface area contributed by atoms with Crippen molar-refractivity contribution in [3.8, 4) is 0 Å². The van der Waals surface area contributed by atoms with Crippen LogP contribution in [0, 0.1) is 0 Å². The van der Waals surface area contributed by atoms with Crippen LogP contribution in [0.25, 0.3) is 10.8 Å². The largest absolute Gasteiger partial charge is 0.695 e. The fraction of sp³-hybridized carbons (Fsp3) is 0.241. The predicted octanol–water partition coefficient (Wildman–Crippen LogP) is 9.30. The normalized spacial score (nSPS) is 11.6. The molecule has 0 aliphatic heterocycles. The third kappa shape index (κ3) is 7.61. The molecule has 0 aromatic heterocycles. The van der Waals surface area contributed by atoms with Crippen LogP contribution in [0.15, 0.2) is 91.0 Å². The van der Waals surface area contributed by atoms with Gasteiger partial charge in [-0.05, 0) is 51.7 Å². The zero-order valence-corrected chi connectivity index (χ0v) is 22.4. The Bertz CT molecular complexity index is 1190. The summed E-state index contributed by atoms with van der Waals surface area (Å²) in [6.45, 7) is 4.36. The van der Waals surface area contributed by atoms with Crippen LogP contribution in [0.1, 0.15) is 43.4 Å². The van der Waals surface area contributed by atoms with E-state index < -0.39 is 13.9 Å². The fourth-order valence-electron chi connectivity index (χ4n) is 4.00. The summed E-state index contributed by atoms with van der Waals surface area (Å²) in [5, 5.41) is 3.27. The summed E-state index contributed by atoms with van der Waals surface area (Å²) in [7, 11) is -2.87. The van der Waals surface area contributed by atoms with E-state index in [2.05, 4.69) is 13.8 Å². The van der Waals surface area contributed by atoms with Crippen LogP contribution in [0.2, 0.25) is 10.0 Å². The second-order valence-corrected chi connectivity index (χ2v) is 9.99. The summed E-state index contributed by atoms with van der Waals surface area (Å²) >= 11 is 12.2. The molecule has 0 spiro atoms. The van der Waals surface area contributed by atoms with E-state index in [0.717, 1.165) is 27.5 Å². The summed E-state index contributed by atoms with van der Waals surface area (Å²) in [4.78, 5) is 9.91. The van der Waals surface area contributed by atoms with Crippen molar-refractivity contribution in [1.29, 1.82) is 0 Å². The average Bonchev–Trinajstić information content (AvgIpc) is 2.86. The molecule has 4 aromatic carbocycles. The minimum atomic E-state index is -2.87. The molecule has 0 aliphatic rings. The highest BCUT2D eigenvalue weighted by Crippen LogP contribution is 2.43. The molecular formula is C29H30Cl2O3P+. The van der Waals surface area contributed by atoms with Crippen molar-refractivity contribution >= 4 is 42.2 Å². The Kier molecular flexibility index (Phi) is 10.3. The van der Waals surface area contributed by atoms with Gasteiger partial charge in [-0.25, -0.2) is 0 Å². The molecule has 0 bridgehead atoms. The molecule has 35 heavy (non-hydrogen) atoms. The van der Waals surface area contributed by atoms with Crippen LogP contribution < -0.4 is 0 Å². The summed E-state index contributed by atoms with van der Waals surface area (Å²) in [6.07, 6.45) is 3.42. The smallest absolute Gasteiger partial charge is 0.133 e. The van der Waals surface area contributed by atoms with Gasteiger partial charge in [0.25, 0.3) is 0 Å². The van der Waals surface area contributed by atoms with E-state index >= 15 is 0 Å². The Morgan fingerprint density at radius 3 is 1.71 bits per heavy atom. The molecule has 0 radical (unpaired) electrons. The maximum atomic E-state index is 12.1. The van der Waals surface area contributed by atoms with Gasteiger partial charge in [-0.1, -0.05) is 117 Å². The lowest BCUT2D eigenvalue weighted by Crippen LogP contribution is -2.33. The molecule has 0 saturated carbocycles. The SMILES string of the molecule is CCCC.O=[P+](O)OC(Cc1ccc(Cl)cc1)(Cc1ccc(Cl)cc1)c1cccc2ccccc12. The van der Waals surface area contributed by atoms with Gasteiger partial charge in [-0.2, -0.15) is 0 Å². The topological polar surface area (TPSA) is 46.5 Å². The lowest BCUT2D eigenvalue weighted by molar-refractivity contribution is 0.0638. The third-order valence-corrected chi connectivity index (χ3v) is 6.85. The molecular weight excluding hydrogens is 498 g/mol. The molecule has 1 unspecified atom stereocenters. The van der Waals surface area contributed by atoms with Crippen LogP contribution >= 0.6 is 31.5 Å². The Morgan fingerprint density at radius 1 is 0.743 bits per heavy atom. The van der Waals surface area contributed by atoms with E-state index in [9.17, 15) is 9.46 Å². The highest BCUT2D eigenvalue weighted by atomic mass is 35.5. The van der Waals surface area contributed by atoms with Gasteiger partial charge in [0.15, 0.2) is 5.60 Å². The van der Waals surface area contributed by atoms with E-state index in [4.69, 9.17) is 27.7 Å². The van der Waals surface area contributed by atoms with Gasteiger partial charge < -0.3 is 0 Å². The standard InChI is InChI=1S/C25H19Cl2O3P.C4H10/c26-21-12-8-18(9-13-21)16-25(30-31(28)29,17-19-10-14-22(27)15-11-19)24-7-3-5-20-4-1-2-6-23(20)24;1-3-4-2/h1-15H,16-17H2;3-4H2,1-2H3/p+1. The summed E-state index contributed by atoms with van der Waals surface area (Å²) < 4.78 is 18.0. The second kappa shape index (κ2) is 13.2. The van der Waals surface area contributed by atoms with Crippen molar-refractivity contribution in [3.63, 3.8) is 0 Å². The predicted molar refractivity (Wildman–Crippen MR) is 147 cm³/mol. The Morgan fingerprint density at radius 2 is 1.23 bits per heavy atom. The number of halogens is 2. The number of hydrogen-bond donors (Lipinski definition) is 1. The lowest BCUT2D eigenvalue weighted by atomic mass is 9.80. The first-order valence-electron chi connectivity index (χ1n) is 11.7. The van der Waals surface area contributed by atoms with Gasteiger partial charge in [0, 0.05) is 27.5 Å². The number of hydrogen-bond acceptors (Lipinski definition) is 2. The van der Waals surface area contributed by atoms with Crippen LogP contribution in [0.3, 0.4) is 0 Å². The molecule has 6 heteroatoms. The van der Waals surface area contributed by atoms with Gasteiger partial charge in [-0.3, -0.25) is 0 Å². The molecule has 0 fully saturated rings. The third-order valence-electron chi connectivity index (χ3n) is 5.84. The molecule has 1 atom stereocenters. The van der Waals surface area contributed by atoms with Crippen LogP contribution in [-0.2, 0) is 27.5 Å². The zero-order valence-electron chi connectivity index (χ0n) is 20.0. The first kappa shape index (κ1) is 27.3. The highest BCUT2D eigenvalue weighted by molar-refractivity contribution is 7.32. The molecule has 3 nitrogen and oxygen atoms in total. The van der Waals surface area contributed by atoms with Gasteiger partial charge >= 0.3 is 8.25 Å². The minimum absolute atomic E-state index is 0.391. The van der Waals surface area contributed by atoms with E-state index in [1.165, 1.54) is 12.8 Å². The van der Waals surface area contributed by atoms with Crippen LogP contribution in [-0.4, -0.2) is 4.89 Å². The van der Waals surface area contributed by atoms with E-state index in [0.29, 0.717) is 22.9 Å². The average molecular weight is 528 g/mol. The number of rotatable bonds is 8. The molecule has 0 amide bonds. The van der Waals surface area contributed by atoms with Crippen molar-refractivity contribution in [1.82, 2.24) is 0 Å². The van der Waals surface area contributed by atoms with Crippen LogP contribution in [0.5, 0.6) is 0 Å². The molecule has 4 rings (SSSR count). The Balaban J connectivity index is 0.000000795. The Hall–Kier alpha value is -2.26. The van der Waals surface area contributed by atoms with Gasteiger partial charge in [-0.15, -0.1) is 9.42 Å². The van der Waals surface area contributed by atoms with Gasteiger partial charge in [0.05, 0.1) is 0 Å². The first-order valence-corrected chi connectivity index (χ1v) is 13.6. The number of fused-ring (bicyclic) bond motifs is 1. The first-order chi connectivity index (χ1) is 16.9. The van der Waals surface area contributed by atoms with E-state index in [1.807, 2.05) is 91.0 Å². The van der Waals surface area contributed by atoms with Crippen molar-refractivity contribution in [3.05, 3.63) is 118 Å². The number of benzene rings is 4. The molecule has 182 valence electrons. The fourth-order valence-corrected chi connectivity index (χ4v) is 4.78. The Labute approximate surface area is 218 Å². The van der Waals surface area contributed by atoms with Crippen molar-refractivity contribution in [2.24, 2.45) is 0 Å². The zero-order chi connectivity index (χ0) is 25.3. The summed E-state index contributed by atoms with van der Waals surface area (Å²) in [6, 6.07) is 28.8. The maximum Gasteiger partial charge on any atom is 0.695 e. The van der Waals surface area contributed by atoms with Crippen LogP contribution in [0.4, 0.5) is 0 Å².